The average Bonchev–Trinajstić information content (AvgIpc) is 2.64. The van der Waals surface area contributed by atoms with Crippen LogP contribution in [0.15, 0.2) is 0 Å². The molecule has 3 atom stereocenters. The van der Waals surface area contributed by atoms with Crippen LogP contribution in [-0.4, -0.2) is 68.3 Å². The summed E-state index contributed by atoms with van der Waals surface area (Å²) in [5.41, 5.74) is 0.308. The molecule has 0 aromatic rings. The standard InChI is InChI=1S/C13H24N2O3S/c16-12-8-19(17,18)7-11(12)15-6-2-4-13(10-15)3-1-5-14-9-13/h11-12,14,16H,1-10H2. The van der Waals surface area contributed by atoms with E-state index in [9.17, 15) is 13.5 Å². The molecule has 0 radical (unpaired) electrons. The molecule has 6 heteroatoms. The van der Waals surface area contributed by atoms with Gasteiger partial charge >= 0.3 is 0 Å². The lowest BCUT2D eigenvalue weighted by Crippen LogP contribution is -2.55. The third-order valence-corrected chi connectivity index (χ3v) is 6.71. The minimum Gasteiger partial charge on any atom is -0.390 e. The normalized spacial score (nSPS) is 43.6. The molecular weight excluding hydrogens is 264 g/mol. The summed E-state index contributed by atoms with van der Waals surface area (Å²) in [6, 6.07) is -0.177. The Kier molecular flexibility index (Phi) is 3.62. The highest BCUT2D eigenvalue weighted by Gasteiger charge is 2.44. The Bertz CT molecular complexity index is 426. The molecule has 3 aliphatic heterocycles. The van der Waals surface area contributed by atoms with Gasteiger partial charge in [0.15, 0.2) is 9.84 Å². The monoisotopic (exact) mass is 288 g/mol. The molecule has 3 fully saturated rings. The zero-order chi connectivity index (χ0) is 13.5. The fourth-order valence-electron chi connectivity index (χ4n) is 4.07. The Morgan fingerprint density at radius 2 is 2.00 bits per heavy atom. The molecular formula is C13H24N2O3S. The Labute approximate surface area is 115 Å². The maximum atomic E-state index is 11.7. The van der Waals surface area contributed by atoms with E-state index in [-0.39, 0.29) is 17.5 Å². The van der Waals surface area contributed by atoms with E-state index in [0.717, 1.165) is 32.6 Å². The van der Waals surface area contributed by atoms with E-state index < -0.39 is 15.9 Å². The summed E-state index contributed by atoms with van der Waals surface area (Å²) < 4.78 is 23.3. The van der Waals surface area contributed by atoms with Gasteiger partial charge in [-0.25, -0.2) is 8.42 Å². The summed E-state index contributed by atoms with van der Waals surface area (Å²) in [5.74, 6) is 0.0804. The first-order chi connectivity index (χ1) is 9.00. The van der Waals surface area contributed by atoms with Gasteiger partial charge in [0, 0.05) is 13.1 Å². The van der Waals surface area contributed by atoms with Gasteiger partial charge in [0.05, 0.1) is 23.7 Å². The fourth-order valence-corrected chi connectivity index (χ4v) is 5.90. The summed E-state index contributed by atoms with van der Waals surface area (Å²) in [7, 11) is -3.04. The molecule has 3 saturated heterocycles. The van der Waals surface area contributed by atoms with Gasteiger partial charge in [-0.05, 0) is 44.2 Å². The lowest BCUT2D eigenvalue weighted by molar-refractivity contribution is 0.00700. The zero-order valence-corrected chi connectivity index (χ0v) is 12.2. The number of aliphatic hydroxyl groups is 1. The van der Waals surface area contributed by atoms with E-state index in [4.69, 9.17) is 0 Å². The van der Waals surface area contributed by atoms with Crippen molar-refractivity contribution in [2.45, 2.75) is 37.8 Å². The van der Waals surface area contributed by atoms with Gasteiger partial charge in [-0.15, -0.1) is 0 Å². The second-order valence-electron chi connectivity index (χ2n) is 6.57. The fraction of sp³-hybridized carbons (Fsp3) is 1.00. The number of likely N-dealkylation sites (tertiary alicyclic amines) is 1. The van der Waals surface area contributed by atoms with Crippen molar-refractivity contribution in [2.24, 2.45) is 5.41 Å². The topological polar surface area (TPSA) is 69.6 Å². The van der Waals surface area contributed by atoms with Crippen LogP contribution < -0.4 is 5.32 Å². The smallest absolute Gasteiger partial charge is 0.154 e. The maximum absolute atomic E-state index is 11.7. The lowest BCUT2D eigenvalue weighted by Gasteiger charge is -2.47. The van der Waals surface area contributed by atoms with E-state index in [1.165, 1.54) is 19.3 Å². The first kappa shape index (κ1) is 13.8. The van der Waals surface area contributed by atoms with Crippen molar-refractivity contribution >= 4 is 9.84 Å². The number of piperidine rings is 2. The van der Waals surface area contributed by atoms with Crippen molar-refractivity contribution in [3.8, 4) is 0 Å². The van der Waals surface area contributed by atoms with Crippen LogP contribution in [0.25, 0.3) is 0 Å². The van der Waals surface area contributed by atoms with Crippen LogP contribution in [0, 0.1) is 5.41 Å². The van der Waals surface area contributed by atoms with Crippen LogP contribution in [0.4, 0.5) is 0 Å². The molecule has 0 aromatic carbocycles. The molecule has 0 aliphatic carbocycles. The first-order valence-corrected chi connectivity index (χ1v) is 9.15. The van der Waals surface area contributed by atoms with Gasteiger partial charge in [-0.2, -0.15) is 0 Å². The molecule has 1 spiro atoms. The summed E-state index contributed by atoms with van der Waals surface area (Å²) in [4.78, 5) is 2.24. The SMILES string of the molecule is O=S1(=O)CC(O)C(N2CCCC3(CCCNC3)C2)C1. The number of sulfone groups is 1. The van der Waals surface area contributed by atoms with E-state index in [1.807, 2.05) is 0 Å². The van der Waals surface area contributed by atoms with E-state index in [1.54, 1.807) is 0 Å². The van der Waals surface area contributed by atoms with Crippen molar-refractivity contribution in [1.82, 2.24) is 10.2 Å². The molecule has 0 amide bonds. The van der Waals surface area contributed by atoms with Crippen molar-refractivity contribution < 1.29 is 13.5 Å². The van der Waals surface area contributed by atoms with Gasteiger partial charge in [0.2, 0.25) is 0 Å². The van der Waals surface area contributed by atoms with Crippen LogP contribution in [-0.2, 0) is 9.84 Å². The van der Waals surface area contributed by atoms with Crippen LogP contribution in [0.2, 0.25) is 0 Å². The minimum absolute atomic E-state index is 0.0561. The molecule has 19 heavy (non-hydrogen) atoms. The van der Waals surface area contributed by atoms with Gasteiger partial charge in [0.25, 0.3) is 0 Å². The lowest BCUT2D eigenvalue weighted by atomic mass is 9.74. The molecule has 3 aliphatic rings. The Morgan fingerprint density at radius 1 is 1.21 bits per heavy atom. The highest BCUT2D eigenvalue weighted by Crippen LogP contribution is 2.37. The van der Waals surface area contributed by atoms with Crippen molar-refractivity contribution in [2.75, 3.05) is 37.7 Å². The van der Waals surface area contributed by atoms with Crippen LogP contribution in [0.1, 0.15) is 25.7 Å². The molecule has 5 nitrogen and oxygen atoms in total. The van der Waals surface area contributed by atoms with E-state index in [0.29, 0.717) is 5.41 Å². The summed E-state index contributed by atoms with van der Waals surface area (Å²) in [5, 5.41) is 13.5. The van der Waals surface area contributed by atoms with Gasteiger partial charge in [-0.1, -0.05) is 0 Å². The number of nitrogens with one attached hydrogen (secondary N) is 1. The second kappa shape index (κ2) is 4.98. The van der Waals surface area contributed by atoms with Crippen molar-refractivity contribution in [3.05, 3.63) is 0 Å². The quantitative estimate of drug-likeness (QED) is 0.688. The molecule has 3 rings (SSSR count). The Balaban J connectivity index is 1.71. The van der Waals surface area contributed by atoms with Gasteiger partial charge < -0.3 is 10.4 Å². The van der Waals surface area contributed by atoms with Crippen LogP contribution in [0.3, 0.4) is 0 Å². The Morgan fingerprint density at radius 3 is 2.63 bits per heavy atom. The third-order valence-electron chi connectivity index (χ3n) is 5.01. The molecule has 0 aromatic heterocycles. The summed E-state index contributed by atoms with van der Waals surface area (Å²) in [6.07, 6.45) is 4.08. The molecule has 3 heterocycles. The maximum Gasteiger partial charge on any atom is 0.154 e. The third kappa shape index (κ3) is 2.82. The molecule has 0 saturated carbocycles. The first-order valence-electron chi connectivity index (χ1n) is 7.33. The predicted molar refractivity (Wildman–Crippen MR) is 73.8 cm³/mol. The number of nitrogens with zero attached hydrogens (tertiary/aromatic N) is 1. The number of hydrogen-bond donors (Lipinski definition) is 2. The largest absolute Gasteiger partial charge is 0.390 e. The summed E-state index contributed by atoms with van der Waals surface area (Å²) >= 11 is 0. The summed E-state index contributed by atoms with van der Waals surface area (Å²) in [6.45, 7) is 4.01. The van der Waals surface area contributed by atoms with E-state index >= 15 is 0 Å². The highest BCUT2D eigenvalue weighted by atomic mass is 32.2. The molecule has 0 bridgehead atoms. The molecule has 110 valence electrons. The molecule has 2 N–H and O–H groups in total. The highest BCUT2D eigenvalue weighted by molar-refractivity contribution is 7.91. The number of hydrogen-bond acceptors (Lipinski definition) is 5. The minimum atomic E-state index is -3.04. The van der Waals surface area contributed by atoms with Crippen molar-refractivity contribution in [3.63, 3.8) is 0 Å². The average molecular weight is 288 g/mol. The number of rotatable bonds is 1. The second-order valence-corrected chi connectivity index (χ2v) is 8.72. The van der Waals surface area contributed by atoms with Gasteiger partial charge in [0.1, 0.15) is 0 Å². The predicted octanol–water partition coefficient (Wildman–Crippen LogP) is -0.390. The number of aliphatic hydroxyl groups excluding tert-OH is 1. The molecule has 3 unspecified atom stereocenters. The van der Waals surface area contributed by atoms with Crippen LogP contribution >= 0.6 is 0 Å². The van der Waals surface area contributed by atoms with Crippen LogP contribution in [0.5, 0.6) is 0 Å². The Hall–Kier alpha value is -0.170. The van der Waals surface area contributed by atoms with E-state index in [2.05, 4.69) is 10.2 Å². The zero-order valence-electron chi connectivity index (χ0n) is 11.3. The van der Waals surface area contributed by atoms with Crippen molar-refractivity contribution in [1.29, 1.82) is 0 Å². The van der Waals surface area contributed by atoms with Gasteiger partial charge in [-0.3, -0.25) is 4.90 Å².